The van der Waals surface area contributed by atoms with Gasteiger partial charge < -0.3 is 4.74 Å². The average molecular weight is 261 g/mol. The molecule has 0 unspecified atom stereocenters. The third-order valence-corrected chi connectivity index (χ3v) is 3.19. The van der Waals surface area contributed by atoms with Gasteiger partial charge in [-0.05, 0) is 43.2 Å². The van der Waals surface area contributed by atoms with Gasteiger partial charge in [0, 0.05) is 0 Å². The number of aldehydes is 1. The quantitative estimate of drug-likeness (QED) is 0.756. The van der Waals surface area contributed by atoms with E-state index < -0.39 is 0 Å². The molecule has 0 amide bonds. The van der Waals surface area contributed by atoms with Gasteiger partial charge in [0.05, 0.1) is 10.6 Å². The summed E-state index contributed by atoms with van der Waals surface area (Å²) in [5.41, 5.74) is 2.62. The number of rotatable bonds is 3. The molecule has 2 rings (SSSR count). The van der Waals surface area contributed by atoms with E-state index >= 15 is 0 Å². The predicted octanol–water partition coefficient (Wildman–Crippen LogP) is 4.56. The summed E-state index contributed by atoms with van der Waals surface area (Å²) in [7, 11) is 0. The Morgan fingerprint density at radius 3 is 2.56 bits per heavy atom. The molecule has 92 valence electrons. The van der Waals surface area contributed by atoms with E-state index in [0.717, 1.165) is 17.4 Å². The third kappa shape index (κ3) is 2.39. The summed E-state index contributed by atoms with van der Waals surface area (Å²) in [5, 5.41) is 0.431. The minimum absolute atomic E-state index is 0.405. The molecule has 0 N–H and O–H groups in total. The fourth-order valence-electron chi connectivity index (χ4n) is 1.67. The number of hydrogen-bond acceptors (Lipinski definition) is 2. The Kier molecular flexibility index (Phi) is 3.68. The molecule has 2 aromatic carbocycles. The first-order chi connectivity index (χ1) is 8.63. The number of benzene rings is 2. The molecular weight excluding hydrogens is 248 g/mol. The highest BCUT2D eigenvalue weighted by atomic mass is 35.5. The normalized spacial score (nSPS) is 10.2. The van der Waals surface area contributed by atoms with Crippen molar-refractivity contribution in [2.24, 2.45) is 0 Å². The van der Waals surface area contributed by atoms with Crippen LogP contribution in [0.25, 0.3) is 0 Å². The molecule has 0 radical (unpaired) electrons. The van der Waals surface area contributed by atoms with Gasteiger partial charge in [-0.15, -0.1) is 0 Å². The molecule has 2 nitrogen and oxygen atoms in total. The highest BCUT2D eigenvalue weighted by Gasteiger charge is 2.10. The van der Waals surface area contributed by atoms with Crippen LogP contribution in [0.3, 0.4) is 0 Å². The van der Waals surface area contributed by atoms with Crippen molar-refractivity contribution in [3.8, 4) is 11.5 Å². The second-order valence-electron chi connectivity index (χ2n) is 4.08. The molecular formula is C15H13ClO2. The molecule has 0 atom stereocenters. The average Bonchev–Trinajstić information content (AvgIpc) is 2.37. The summed E-state index contributed by atoms with van der Waals surface area (Å²) in [5.74, 6) is 1.12. The largest absolute Gasteiger partial charge is 0.455 e. The van der Waals surface area contributed by atoms with E-state index in [-0.39, 0.29) is 0 Å². The highest BCUT2D eigenvalue weighted by molar-refractivity contribution is 6.32. The van der Waals surface area contributed by atoms with Gasteiger partial charge in [0.15, 0.2) is 12.0 Å². The lowest BCUT2D eigenvalue weighted by Crippen LogP contribution is -1.94. The highest BCUT2D eigenvalue weighted by Crippen LogP contribution is 2.34. The molecule has 0 saturated carbocycles. The van der Waals surface area contributed by atoms with Crippen molar-refractivity contribution < 1.29 is 9.53 Å². The first kappa shape index (κ1) is 12.7. The molecule has 0 bridgehead atoms. The fourth-order valence-corrected chi connectivity index (χ4v) is 1.89. The molecule has 0 aromatic heterocycles. The Balaban J connectivity index is 2.46. The lowest BCUT2D eigenvalue weighted by molar-refractivity contribution is 0.112. The van der Waals surface area contributed by atoms with Crippen molar-refractivity contribution >= 4 is 17.9 Å². The van der Waals surface area contributed by atoms with Crippen LogP contribution in [0.5, 0.6) is 11.5 Å². The van der Waals surface area contributed by atoms with Gasteiger partial charge in [-0.2, -0.15) is 0 Å². The van der Waals surface area contributed by atoms with Crippen LogP contribution in [-0.2, 0) is 0 Å². The Bertz CT molecular complexity index is 591. The molecule has 0 aliphatic rings. The van der Waals surface area contributed by atoms with E-state index in [0.29, 0.717) is 22.1 Å². The first-order valence-electron chi connectivity index (χ1n) is 5.61. The smallest absolute Gasteiger partial charge is 0.156 e. The zero-order chi connectivity index (χ0) is 13.1. The van der Waals surface area contributed by atoms with Crippen LogP contribution in [0.4, 0.5) is 0 Å². The lowest BCUT2D eigenvalue weighted by Gasteiger charge is -2.13. The van der Waals surface area contributed by atoms with Crippen LogP contribution in [0.2, 0.25) is 5.02 Å². The van der Waals surface area contributed by atoms with Crippen LogP contribution in [0.15, 0.2) is 36.4 Å². The topological polar surface area (TPSA) is 26.3 Å². The van der Waals surface area contributed by atoms with E-state index in [9.17, 15) is 4.79 Å². The van der Waals surface area contributed by atoms with Crippen LogP contribution >= 0.6 is 11.6 Å². The molecule has 18 heavy (non-hydrogen) atoms. The number of hydrogen-bond donors (Lipinski definition) is 0. The Morgan fingerprint density at radius 1 is 1.11 bits per heavy atom. The number of ether oxygens (including phenoxy) is 1. The van der Waals surface area contributed by atoms with Gasteiger partial charge in [-0.3, -0.25) is 4.79 Å². The van der Waals surface area contributed by atoms with Crippen LogP contribution in [0.1, 0.15) is 21.5 Å². The minimum atomic E-state index is 0.405. The lowest BCUT2D eigenvalue weighted by atomic mass is 10.1. The summed E-state index contributed by atoms with van der Waals surface area (Å²) in [6.07, 6.45) is 0.742. The molecule has 0 saturated heterocycles. The van der Waals surface area contributed by atoms with Gasteiger partial charge in [-0.1, -0.05) is 29.8 Å². The summed E-state index contributed by atoms with van der Waals surface area (Å²) >= 11 is 6.07. The van der Waals surface area contributed by atoms with Crippen molar-refractivity contribution in [2.45, 2.75) is 13.8 Å². The molecule has 3 heteroatoms. The van der Waals surface area contributed by atoms with Crippen molar-refractivity contribution in [1.82, 2.24) is 0 Å². The van der Waals surface area contributed by atoms with E-state index in [1.54, 1.807) is 18.2 Å². The number of carbonyl (C=O) groups is 1. The minimum Gasteiger partial charge on any atom is -0.455 e. The maximum Gasteiger partial charge on any atom is 0.156 e. The molecule has 0 fully saturated rings. The zero-order valence-corrected chi connectivity index (χ0v) is 11.0. The van der Waals surface area contributed by atoms with Gasteiger partial charge in [0.1, 0.15) is 5.75 Å². The van der Waals surface area contributed by atoms with Crippen LogP contribution in [-0.4, -0.2) is 6.29 Å². The predicted molar refractivity (Wildman–Crippen MR) is 72.8 cm³/mol. The van der Waals surface area contributed by atoms with E-state index in [1.807, 2.05) is 32.0 Å². The van der Waals surface area contributed by atoms with Gasteiger partial charge in [-0.25, -0.2) is 0 Å². The zero-order valence-electron chi connectivity index (χ0n) is 10.2. The van der Waals surface area contributed by atoms with Gasteiger partial charge in [0.25, 0.3) is 0 Å². The number of aryl methyl sites for hydroxylation is 1. The molecule has 0 aliphatic heterocycles. The molecule has 0 spiro atoms. The van der Waals surface area contributed by atoms with E-state index in [4.69, 9.17) is 16.3 Å². The standard InChI is InChI=1S/C15H13ClO2/c1-10-5-3-8-14(11(10)2)18-15-12(9-17)6-4-7-13(15)16/h3-9H,1-2H3. The number of para-hydroxylation sites is 1. The number of halogens is 1. The molecule has 2 aromatic rings. The molecule has 0 aliphatic carbocycles. The van der Waals surface area contributed by atoms with Crippen LogP contribution < -0.4 is 4.74 Å². The van der Waals surface area contributed by atoms with E-state index in [1.165, 1.54) is 0 Å². The second-order valence-corrected chi connectivity index (χ2v) is 4.48. The Labute approximate surface area is 111 Å². The number of carbonyl (C=O) groups excluding carboxylic acids is 1. The van der Waals surface area contributed by atoms with E-state index in [2.05, 4.69) is 0 Å². The summed E-state index contributed by atoms with van der Waals surface area (Å²) in [4.78, 5) is 11.0. The van der Waals surface area contributed by atoms with Crippen molar-refractivity contribution in [2.75, 3.05) is 0 Å². The Morgan fingerprint density at radius 2 is 1.83 bits per heavy atom. The van der Waals surface area contributed by atoms with Crippen molar-refractivity contribution in [1.29, 1.82) is 0 Å². The van der Waals surface area contributed by atoms with Gasteiger partial charge in [0.2, 0.25) is 0 Å². The molecule has 0 heterocycles. The summed E-state index contributed by atoms with van der Waals surface area (Å²) in [6.45, 7) is 3.98. The first-order valence-corrected chi connectivity index (χ1v) is 5.99. The summed E-state index contributed by atoms with van der Waals surface area (Å²) in [6, 6.07) is 10.9. The maximum atomic E-state index is 11.0. The second kappa shape index (κ2) is 5.23. The van der Waals surface area contributed by atoms with Crippen LogP contribution in [0, 0.1) is 13.8 Å². The maximum absolute atomic E-state index is 11.0. The van der Waals surface area contributed by atoms with Crippen molar-refractivity contribution in [3.05, 3.63) is 58.1 Å². The summed E-state index contributed by atoms with van der Waals surface area (Å²) < 4.78 is 5.78. The fraction of sp³-hybridized carbons (Fsp3) is 0.133. The monoisotopic (exact) mass is 260 g/mol. The Hall–Kier alpha value is -1.80. The van der Waals surface area contributed by atoms with Gasteiger partial charge >= 0.3 is 0 Å². The third-order valence-electron chi connectivity index (χ3n) is 2.89. The SMILES string of the molecule is Cc1cccc(Oc2c(Cl)cccc2C=O)c1C. The van der Waals surface area contributed by atoms with Crippen molar-refractivity contribution in [3.63, 3.8) is 0 Å².